The molecule has 1 unspecified atom stereocenters. The summed E-state index contributed by atoms with van der Waals surface area (Å²) in [5.74, 6) is 0.0273. The lowest BCUT2D eigenvalue weighted by atomic mass is 9.79. The topological polar surface area (TPSA) is 98.3 Å². The number of likely N-dealkylation sites (tertiary alicyclic amines) is 1. The highest BCUT2D eigenvalue weighted by molar-refractivity contribution is 7.91. The fraction of sp³-hybridized carbons (Fsp3) is 0.789. The minimum absolute atomic E-state index is 0.146. The maximum Gasteiger partial charge on any atom is 0.220 e. The molecule has 0 aromatic carbocycles. The number of hydrogen-bond donors (Lipinski definition) is 1. The monoisotopic (exact) mass is 394 g/mol. The molecule has 1 aromatic heterocycles. The van der Waals surface area contributed by atoms with Gasteiger partial charge in [0, 0.05) is 23.4 Å². The van der Waals surface area contributed by atoms with Crippen LogP contribution in [0.25, 0.3) is 0 Å². The second kappa shape index (κ2) is 6.58. The van der Waals surface area contributed by atoms with Gasteiger partial charge in [-0.25, -0.2) is 8.42 Å². The molecule has 0 radical (unpaired) electrons. The molecule has 27 heavy (non-hydrogen) atoms. The molecule has 3 aliphatic rings. The number of nitrogens with two attached hydrogens (primary N) is 1. The number of carbonyl (C=O) groups is 1. The van der Waals surface area contributed by atoms with Crippen molar-refractivity contribution in [1.82, 2.24) is 14.7 Å². The Morgan fingerprint density at radius 2 is 1.96 bits per heavy atom. The van der Waals surface area contributed by atoms with Crippen LogP contribution < -0.4 is 5.73 Å². The SMILES string of the molecule is CN1CCC(n2nc([C@@]3(C)CCS(=O)(=O)C3)c3c2CC(C(N)=O)CC3)CC1. The van der Waals surface area contributed by atoms with E-state index in [1.165, 1.54) is 5.56 Å². The maximum atomic E-state index is 12.2. The molecule has 150 valence electrons. The van der Waals surface area contributed by atoms with Gasteiger partial charge in [-0.1, -0.05) is 6.92 Å². The van der Waals surface area contributed by atoms with E-state index in [9.17, 15) is 13.2 Å². The second-order valence-corrected chi connectivity index (χ2v) is 11.2. The average molecular weight is 395 g/mol. The van der Waals surface area contributed by atoms with Crippen LogP contribution >= 0.6 is 0 Å². The van der Waals surface area contributed by atoms with Gasteiger partial charge in [-0.2, -0.15) is 5.10 Å². The minimum atomic E-state index is -3.01. The first-order chi connectivity index (χ1) is 12.7. The van der Waals surface area contributed by atoms with Crippen LogP contribution in [0.3, 0.4) is 0 Å². The fourth-order valence-corrected chi connectivity index (χ4v) is 7.26. The normalized spacial score (nSPS) is 31.7. The van der Waals surface area contributed by atoms with Crippen LogP contribution in [0.15, 0.2) is 0 Å². The van der Waals surface area contributed by atoms with Crippen LogP contribution in [0.5, 0.6) is 0 Å². The molecule has 2 aliphatic heterocycles. The maximum absolute atomic E-state index is 12.2. The third-order valence-corrected chi connectivity index (χ3v) is 8.72. The van der Waals surface area contributed by atoms with Gasteiger partial charge in [0.25, 0.3) is 0 Å². The van der Waals surface area contributed by atoms with E-state index >= 15 is 0 Å². The molecule has 0 spiro atoms. The third-order valence-electron chi connectivity index (χ3n) is 6.81. The van der Waals surface area contributed by atoms with Crippen molar-refractivity contribution in [3.63, 3.8) is 0 Å². The summed E-state index contributed by atoms with van der Waals surface area (Å²) < 4.78 is 26.5. The van der Waals surface area contributed by atoms with Crippen LogP contribution in [0, 0.1) is 5.92 Å². The van der Waals surface area contributed by atoms with Crippen molar-refractivity contribution >= 4 is 15.7 Å². The molecule has 3 heterocycles. The van der Waals surface area contributed by atoms with E-state index in [4.69, 9.17) is 10.8 Å². The van der Waals surface area contributed by atoms with Gasteiger partial charge in [0.2, 0.25) is 5.91 Å². The van der Waals surface area contributed by atoms with Gasteiger partial charge >= 0.3 is 0 Å². The molecule has 8 heteroatoms. The number of hydrogen-bond acceptors (Lipinski definition) is 5. The molecule has 2 fully saturated rings. The van der Waals surface area contributed by atoms with Gasteiger partial charge in [0.1, 0.15) is 0 Å². The highest BCUT2D eigenvalue weighted by Gasteiger charge is 2.45. The van der Waals surface area contributed by atoms with Gasteiger partial charge in [0.15, 0.2) is 9.84 Å². The molecule has 4 rings (SSSR count). The van der Waals surface area contributed by atoms with E-state index < -0.39 is 15.3 Å². The first-order valence-electron chi connectivity index (χ1n) is 9.97. The molecule has 1 amide bonds. The summed E-state index contributed by atoms with van der Waals surface area (Å²) in [7, 11) is -0.873. The van der Waals surface area contributed by atoms with E-state index in [2.05, 4.69) is 16.6 Å². The Bertz CT molecular complexity index is 855. The first kappa shape index (κ1) is 18.9. The Morgan fingerprint density at radius 3 is 2.56 bits per heavy atom. The standard InChI is InChI=1S/C19H30N4O3S/c1-19(7-10-27(25,26)12-19)17-15-4-3-13(18(20)24)11-16(15)23(21-17)14-5-8-22(2)9-6-14/h13-14H,3-12H2,1-2H3,(H2,20,24)/t13?,19-/m0/s1. The Hall–Kier alpha value is -1.41. The Morgan fingerprint density at radius 1 is 1.26 bits per heavy atom. The molecular weight excluding hydrogens is 364 g/mol. The second-order valence-electron chi connectivity index (χ2n) is 9.00. The van der Waals surface area contributed by atoms with E-state index in [0.29, 0.717) is 18.9 Å². The molecule has 2 saturated heterocycles. The number of rotatable bonds is 3. The zero-order valence-corrected chi connectivity index (χ0v) is 17.1. The summed E-state index contributed by atoms with van der Waals surface area (Å²) in [5.41, 5.74) is 8.46. The van der Waals surface area contributed by atoms with Crippen molar-refractivity contribution in [2.75, 3.05) is 31.6 Å². The van der Waals surface area contributed by atoms with E-state index in [1.807, 2.05) is 6.92 Å². The molecule has 0 saturated carbocycles. The summed E-state index contributed by atoms with van der Waals surface area (Å²) in [6.45, 7) is 4.10. The largest absolute Gasteiger partial charge is 0.369 e. The van der Waals surface area contributed by atoms with E-state index in [0.717, 1.165) is 50.2 Å². The van der Waals surface area contributed by atoms with Gasteiger partial charge in [-0.3, -0.25) is 9.48 Å². The molecular formula is C19H30N4O3S. The number of sulfone groups is 1. The lowest BCUT2D eigenvalue weighted by Crippen LogP contribution is -2.34. The molecule has 0 bridgehead atoms. The van der Waals surface area contributed by atoms with Gasteiger partial charge in [-0.05, 0) is 57.8 Å². The highest BCUT2D eigenvalue weighted by Crippen LogP contribution is 2.41. The smallest absolute Gasteiger partial charge is 0.220 e. The Balaban J connectivity index is 1.75. The van der Waals surface area contributed by atoms with Crippen molar-refractivity contribution in [1.29, 1.82) is 0 Å². The number of aromatic nitrogens is 2. The number of nitrogens with zero attached hydrogens (tertiary/aromatic N) is 3. The molecule has 2 N–H and O–H groups in total. The van der Waals surface area contributed by atoms with Crippen LogP contribution in [-0.4, -0.2) is 60.6 Å². The quantitative estimate of drug-likeness (QED) is 0.818. The van der Waals surface area contributed by atoms with Crippen LogP contribution in [0.2, 0.25) is 0 Å². The molecule has 7 nitrogen and oxygen atoms in total. The summed E-state index contributed by atoms with van der Waals surface area (Å²) in [6.07, 6.45) is 4.82. The number of fused-ring (bicyclic) bond motifs is 1. The van der Waals surface area contributed by atoms with Crippen LogP contribution in [0.1, 0.15) is 55.6 Å². The number of primary amides is 1. The minimum Gasteiger partial charge on any atom is -0.369 e. The lowest BCUT2D eigenvalue weighted by molar-refractivity contribution is -0.122. The third kappa shape index (κ3) is 3.42. The van der Waals surface area contributed by atoms with Crippen molar-refractivity contribution in [2.24, 2.45) is 11.7 Å². The Labute approximate surface area is 161 Å². The van der Waals surface area contributed by atoms with Crippen molar-refractivity contribution in [3.8, 4) is 0 Å². The number of carbonyl (C=O) groups excluding carboxylic acids is 1. The molecule has 1 aromatic rings. The first-order valence-corrected chi connectivity index (χ1v) is 11.8. The zero-order chi connectivity index (χ0) is 19.4. The fourth-order valence-electron chi connectivity index (χ4n) is 5.10. The predicted octanol–water partition coefficient (Wildman–Crippen LogP) is 0.816. The van der Waals surface area contributed by atoms with Crippen LogP contribution in [0.4, 0.5) is 0 Å². The summed E-state index contributed by atoms with van der Waals surface area (Å²) in [5, 5.41) is 5.04. The number of amides is 1. The average Bonchev–Trinajstić information content (AvgIpc) is 3.13. The Kier molecular flexibility index (Phi) is 4.62. The van der Waals surface area contributed by atoms with Gasteiger partial charge in [-0.15, -0.1) is 0 Å². The predicted molar refractivity (Wildman–Crippen MR) is 103 cm³/mol. The summed E-state index contributed by atoms with van der Waals surface area (Å²) in [4.78, 5) is 14.1. The van der Waals surface area contributed by atoms with Crippen molar-refractivity contribution < 1.29 is 13.2 Å². The van der Waals surface area contributed by atoms with E-state index in [-0.39, 0.29) is 23.3 Å². The van der Waals surface area contributed by atoms with Crippen molar-refractivity contribution in [2.45, 2.75) is 56.9 Å². The zero-order valence-electron chi connectivity index (χ0n) is 16.3. The summed E-state index contributed by atoms with van der Waals surface area (Å²) >= 11 is 0. The van der Waals surface area contributed by atoms with Crippen molar-refractivity contribution in [3.05, 3.63) is 17.0 Å². The lowest BCUT2D eigenvalue weighted by Gasteiger charge is -2.31. The van der Waals surface area contributed by atoms with E-state index in [1.54, 1.807) is 0 Å². The van der Waals surface area contributed by atoms with Gasteiger partial charge in [0.05, 0.1) is 23.2 Å². The van der Waals surface area contributed by atoms with Gasteiger partial charge < -0.3 is 10.6 Å². The number of piperidine rings is 1. The molecule has 1 aliphatic carbocycles. The van der Waals surface area contributed by atoms with Crippen LogP contribution in [-0.2, 0) is 32.9 Å². The summed E-state index contributed by atoms with van der Waals surface area (Å²) in [6, 6.07) is 0.317. The molecule has 2 atom stereocenters. The highest BCUT2D eigenvalue weighted by atomic mass is 32.2.